The summed E-state index contributed by atoms with van der Waals surface area (Å²) >= 11 is 0. The van der Waals surface area contributed by atoms with Crippen molar-refractivity contribution in [2.75, 3.05) is 34.0 Å². The van der Waals surface area contributed by atoms with Crippen LogP contribution in [0.2, 0.25) is 0 Å². The number of fused-ring (bicyclic) bond motifs is 1. The average molecular weight is 408 g/mol. The second-order valence-corrected chi connectivity index (χ2v) is 7.93. The van der Waals surface area contributed by atoms with Gasteiger partial charge >= 0.3 is 0 Å². The van der Waals surface area contributed by atoms with E-state index in [0.29, 0.717) is 24.8 Å². The van der Waals surface area contributed by atoms with Crippen LogP contribution >= 0.6 is 0 Å². The summed E-state index contributed by atoms with van der Waals surface area (Å²) in [6.07, 6.45) is 5.60. The molecule has 1 saturated heterocycles. The van der Waals surface area contributed by atoms with Gasteiger partial charge in [-0.1, -0.05) is 30.3 Å². The summed E-state index contributed by atoms with van der Waals surface area (Å²) in [5.41, 5.74) is 3.43. The lowest BCUT2D eigenvalue weighted by Crippen LogP contribution is -2.40. The summed E-state index contributed by atoms with van der Waals surface area (Å²) in [5, 5.41) is 0. The quantitative estimate of drug-likeness (QED) is 0.695. The maximum absolute atomic E-state index is 13.0. The van der Waals surface area contributed by atoms with Crippen molar-refractivity contribution in [3.63, 3.8) is 0 Å². The van der Waals surface area contributed by atoms with Gasteiger partial charge in [0, 0.05) is 38.3 Å². The Morgan fingerprint density at radius 2 is 1.77 bits per heavy atom. The van der Waals surface area contributed by atoms with Gasteiger partial charge < -0.3 is 19.1 Å². The van der Waals surface area contributed by atoms with Gasteiger partial charge in [-0.3, -0.25) is 4.79 Å². The SMILES string of the molecule is COc1cc2c(cc1OC)C(C1CCOCC1)CN(C(=O)/C=C/c1ccccc1)C2. The van der Waals surface area contributed by atoms with E-state index in [4.69, 9.17) is 14.2 Å². The van der Waals surface area contributed by atoms with Crippen molar-refractivity contribution in [2.24, 2.45) is 5.92 Å². The number of hydrogen-bond acceptors (Lipinski definition) is 4. The van der Waals surface area contributed by atoms with E-state index in [1.165, 1.54) is 5.56 Å². The molecule has 1 fully saturated rings. The van der Waals surface area contributed by atoms with E-state index in [-0.39, 0.29) is 11.8 Å². The Bertz CT molecular complexity index is 903. The third kappa shape index (κ3) is 4.36. The number of benzene rings is 2. The molecule has 1 unspecified atom stereocenters. The van der Waals surface area contributed by atoms with E-state index < -0.39 is 0 Å². The van der Waals surface area contributed by atoms with Crippen LogP contribution in [0, 0.1) is 5.92 Å². The molecule has 2 aromatic carbocycles. The lowest BCUT2D eigenvalue weighted by atomic mass is 9.77. The fourth-order valence-corrected chi connectivity index (χ4v) is 4.55. The third-order valence-corrected chi connectivity index (χ3v) is 6.19. The molecule has 0 N–H and O–H groups in total. The Hall–Kier alpha value is -2.79. The van der Waals surface area contributed by atoms with Crippen LogP contribution < -0.4 is 9.47 Å². The molecule has 2 heterocycles. The maximum Gasteiger partial charge on any atom is 0.246 e. The highest BCUT2D eigenvalue weighted by molar-refractivity contribution is 5.92. The molecule has 0 aromatic heterocycles. The van der Waals surface area contributed by atoms with Gasteiger partial charge in [-0.25, -0.2) is 0 Å². The molecule has 1 amide bonds. The summed E-state index contributed by atoms with van der Waals surface area (Å²) in [7, 11) is 3.31. The van der Waals surface area contributed by atoms with Crippen LogP contribution in [-0.4, -0.2) is 44.8 Å². The predicted molar refractivity (Wildman–Crippen MR) is 117 cm³/mol. The van der Waals surface area contributed by atoms with Gasteiger partial charge in [0.15, 0.2) is 11.5 Å². The molecule has 0 bridgehead atoms. The Labute approximate surface area is 178 Å². The monoisotopic (exact) mass is 407 g/mol. The molecule has 5 nitrogen and oxygen atoms in total. The van der Waals surface area contributed by atoms with Crippen molar-refractivity contribution in [2.45, 2.75) is 25.3 Å². The van der Waals surface area contributed by atoms with Crippen LogP contribution in [0.3, 0.4) is 0 Å². The largest absolute Gasteiger partial charge is 0.493 e. The zero-order valence-corrected chi connectivity index (χ0v) is 17.7. The van der Waals surface area contributed by atoms with Gasteiger partial charge in [0.25, 0.3) is 0 Å². The number of ether oxygens (including phenoxy) is 3. The normalized spacial score (nSPS) is 19.5. The van der Waals surface area contributed by atoms with Crippen molar-refractivity contribution < 1.29 is 19.0 Å². The lowest BCUT2D eigenvalue weighted by molar-refractivity contribution is -0.127. The second-order valence-electron chi connectivity index (χ2n) is 7.93. The summed E-state index contributed by atoms with van der Waals surface area (Å²) in [6.45, 7) is 2.86. The first-order valence-corrected chi connectivity index (χ1v) is 10.5. The predicted octanol–water partition coefficient (Wildman–Crippen LogP) is 4.27. The molecule has 30 heavy (non-hydrogen) atoms. The maximum atomic E-state index is 13.0. The number of rotatable bonds is 5. The van der Waals surface area contributed by atoms with Gasteiger partial charge in [0.2, 0.25) is 5.91 Å². The fraction of sp³-hybridized carbons (Fsp3) is 0.400. The standard InChI is InChI=1S/C25H29NO4/c1-28-23-14-20-16-26(25(27)9-8-18-6-4-3-5-7-18)17-22(19-10-12-30-13-11-19)21(20)15-24(23)29-2/h3-9,14-15,19,22H,10-13,16-17H2,1-2H3/b9-8+. The Balaban J connectivity index is 1.63. The van der Waals surface area contributed by atoms with Crippen molar-refractivity contribution in [1.82, 2.24) is 4.90 Å². The molecule has 158 valence electrons. The van der Waals surface area contributed by atoms with E-state index in [1.54, 1.807) is 20.3 Å². The summed E-state index contributed by atoms with van der Waals surface area (Å²) in [5.74, 6) is 2.25. The van der Waals surface area contributed by atoms with Crippen LogP contribution in [0.25, 0.3) is 6.08 Å². The van der Waals surface area contributed by atoms with E-state index in [1.807, 2.05) is 47.4 Å². The molecule has 0 aliphatic carbocycles. The van der Waals surface area contributed by atoms with Crippen LogP contribution in [0.5, 0.6) is 11.5 Å². The molecule has 2 aromatic rings. The smallest absolute Gasteiger partial charge is 0.246 e. The van der Waals surface area contributed by atoms with E-state index in [2.05, 4.69) is 6.07 Å². The molecule has 0 saturated carbocycles. The number of methoxy groups -OCH3 is 2. The first-order valence-electron chi connectivity index (χ1n) is 10.5. The molecule has 0 radical (unpaired) electrons. The average Bonchev–Trinajstić information content (AvgIpc) is 2.82. The molecule has 5 heteroatoms. The van der Waals surface area contributed by atoms with E-state index >= 15 is 0 Å². The van der Waals surface area contributed by atoms with Crippen LogP contribution in [-0.2, 0) is 16.1 Å². The first kappa shape index (κ1) is 20.5. The van der Waals surface area contributed by atoms with Crippen LogP contribution in [0.1, 0.15) is 35.4 Å². The number of carbonyl (C=O) groups is 1. The van der Waals surface area contributed by atoms with Crippen molar-refractivity contribution in [1.29, 1.82) is 0 Å². The Kier molecular flexibility index (Phi) is 6.38. The van der Waals surface area contributed by atoms with Gasteiger partial charge in [-0.15, -0.1) is 0 Å². The highest BCUT2D eigenvalue weighted by atomic mass is 16.5. The number of hydrogen-bond donors (Lipinski definition) is 0. The lowest BCUT2D eigenvalue weighted by Gasteiger charge is -2.40. The summed E-state index contributed by atoms with van der Waals surface area (Å²) in [6, 6.07) is 14.1. The molecule has 2 aliphatic heterocycles. The molecule has 0 spiro atoms. The Morgan fingerprint density at radius 1 is 1.07 bits per heavy atom. The summed E-state index contributed by atoms with van der Waals surface area (Å²) in [4.78, 5) is 15.0. The number of amides is 1. The van der Waals surface area contributed by atoms with E-state index in [0.717, 1.165) is 42.9 Å². The number of carbonyl (C=O) groups excluding carboxylic acids is 1. The van der Waals surface area contributed by atoms with Crippen molar-refractivity contribution >= 4 is 12.0 Å². The molecule has 2 aliphatic rings. The fourth-order valence-electron chi connectivity index (χ4n) is 4.55. The van der Waals surface area contributed by atoms with Crippen molar-refractivity contribution in [3.8, 4) is 11.5 Å². The molecule has 4 rings (SSSR count). The molecular weight excluding hydrogens is 378 g/mol. The first-order chi connectivity index (χ1) is 14.7. The van der Waals surface area contributed by atoms with Gasteiger partial charge in [0.05, 0.1) is 14.2 Å². The zero-order valence-electron chi connectivity index (χ0n) is 17.7. The minimum Gasteiger partial charge on any atom is -0.493 e. The number of nitrogens with zero attached hydrogens (tertiary/aromatic N) is 1. The van der Waals surface area contributed by atoms with Crippen molar-refractivity contribution in [3.05, 3.63) is 65.2 Å². The highest BCUT2D eigenvalue weighted by Gasteiger charge is 2.34. The molecular formula is C25H29NO4. The minimum atomic E-state index is 0.0383. The second kappa shape index (κ2) is 9.35. The highest BCUT2D eigenvalue weighted by Crippen LogP contribution is 2.42. The zero-order chi connectivity index (χ0) is 20.9. The third-order valence-electron chi connectivity index (χ3n) is 6.19. The van der Waals surface area contributed by atoms with E-state index in [9.17, 15) is 4.79 Å². The minimum absolute atomic E-state index is 0.0383. The van der Waals surface area contributed by atoms with Gasteiger partial charge in [0.1, 0.15) is 0 Å². The Morgan fingerprint density at radius 3 is 2.47 bits per heavy atom. The van der Waals surface area contributed by atoms with Crippen LogP contribution in [0.4, 0.5) is 0 Å². The van der Waals surface area contributed by atoms with Gasteiger partial charge in [-0.2, -0.15) is 0 Å². The van der Waals surface area contributed by atoms with Gasteiger partial charge in [-0.05, 0) is 53.7 Å². The summed E-state index contributed by atoms with van der Waals surface area (Å²) < 4.78 is 16.7. The topological polar surface area (TPSA) is 48.0 Å². The molecule has 1 atom stereocenters. The van der Waals surface area contributed by atoms with Crippen LogP contribution in [0.15, 0.2) is 48.5 Å².